The molecule has 1 amide bonds. The van der Waals surface area contributed by atoms with Gasteiger partial charge in [-0.15, -0.1) is 12.4 Å². The zero-order chi connectivity index (χ0) is 14.4. The first-order valence-electron chi connectivity index (χ1n) is 7.04. The van der Waals surface area contributed by atoms with Crippen molar-refractivity contribution in [3.63, 3.8) is 0 Å². The molecule has 1 aromatic carbocycles. The monoisotopic (exact) mass is 332 g/mol. The summed E-state index contributed by atoms with van der Waals surface area (Å²) in [4.78, 5) is 12.0. The summed E-state index contributed by atoms with van der Waals surface area (Å²) >= 11 is 5.87. The van der Waals surface area contributed by atoms with Gasteiger partial charge in [-0.25, -0.2) is 0 Å². The van der Waals surface area contributed by atoms with Crippen molar-refractivity contribution in [2.24, 2.45) is 5.92 Å². The maximum absolute atomic E-state index is 12.0. The summed E-state index contributed by atoms with van der Waals surface area (Å²) in [6, 6.07) is 7.67. The molecule has 2 N–H and O–H groups in total. The number of halogens is 2. The van der Waals surface area contributed by atoms with Crippen molar-refractivity contribution >= 4 is 29.9 Å². The highest BCUT2D eigenvalue weighted by Gasteiger charge is 2.24. The summed E-state index contributed by atoms with van der Waals surface area (Å²) in [5.41, 5.74) is 0. The fourth-order valence-electron chi connectivity index (χ4n) is 2.41. The molecule has 1 saturated heterocycles. The lowest BCUT2D eigenvalue weighted by Crippen LogP contribution is -2.43. The van der Waals surface area contributed by atoms with Gasteiger partial charge in [-0.2, -0.15) is 0 Å². The molecule has 1 heterocycles. The zero-order valence-corrected chi connectivity index (χ0v) is 13.7. The van der Waals surface area contributed by atoms with E-state index in [1.165, 1.54) is 0 Å². The molecule has 2 rings (SSSR count). The Balaban J connectivity index is 0.00000220. The third kappa shape index (κ3) is 6.12. The van der Waals surface area contributed by atoms with E-state index >= 15 is 0 Å². The molecule has 4 nitrogen and oxygen atoms in total. The number of carbonyl (C=O) groups excluding carboxylic acids is 1. The number of amides is 1. The molecule has 1 fully saturated rings. The number of benzene rings is 1. The number of hydrogen-bond donors (Lipinski definition) is 2. The minimum atomic E-state index is 0. The van der Waals surface area contributed by atoms with Crippen LogP contribution >= 0.6 is 24.0 Å². The molecule has 1 aliphatic rings. The number of hydrogen-bond acceptors (Lipinski definition) is 3. The highest BCUT2D eigenvalue weighted by Crippen LogP contribution is 2.17. The van der Waals surface area contributed by atoms with Gasteiger partial charge in [0.15, 0.2) is 0 Å². The lowest BCUT2D eigenvalue weighted by atomic mass is 9.92. The van der Waals surface area contributed by atoms with Crippen LogP contribution in [0.1, 0.15) is 19.8 Å². The molecule has 118 valence electrons. The van der Waals surface area contributed by atoms with Gasteiger partial charge >= 0.3 is 0 Å². The van der Waals surface area contributed by atoms with E-state index in [0.717, 1.165) is 25.1 Å². The summed E-state index contributed by atoms with van der Waals surface area (Å²) < 4.78 is 5.53. The molecular formula is C15H22Cl2N2O2. The smallest absolute Gasteiger partial charge is 0.223 e. The molecule has 0 aliphatic carbocycles. The van der Waals surface area contributed by atoms with Gasteiger partial charge < -0.3 is 15.4 Å². The number of carbonyl (C=O) groups is 1. The van der Waals surface area contributed by atoms with Gasteiger partial charge in [0, 0.05) is 17.0 Å². The molecule has 0 spiro atoms. The van der Waals surface area contributed by atoms with Crippen molar-refractivity contribution in [1.29, 1.82) is 0 Å². The van der Waals surface area contributed by atoms with Crippen molar-refractivity contribution in [2.75, 3.05) is 19.7 Å². The predicted octanol–water partition coefficient (Wildman–Crippen LogP) is 2.64. The largest absolute Gasteiger partial charge is 0.492 e. The Morgan fingerprint density at radius 1 is 1.52 bits per heavy atom. The van der Waals surface area contributed by atoms with Crippen molar-refractivity contribution in [3.05, 3.63) is 29.3 Å². The second kappa shape index (κ2) is 9.13. The summed E-state index contributed by atoms with van der Waals surface area (Å²) in [5.74, 6) is 0.979. The van der Waals surface area contributed by atoms with Gasteiger partial charge in [0.25, 0.3) is 0 Å². The van der Waals surface area contributed by atoms with Gasteiger partial charge in [-0.05, 0) is 44.5 Å². The minimum Gasteiger partial charge on any atom is -0.492 e. The average Bonchev–Trinajstić information content (AvgIpc) is 2.43. The Labute approximate surface area is 137 Å². The summed E-state index contributed by atoms with van der Waals surface area (Å²) in [5, 5.41) is 6.93. The van der Waals surface area contributed by atoms with Crippen LogP contribution in [-0.4, -0.2) is 31.6 Å². The third-order valence-corrected chi connectivity index (χ3v) is 3.70. The SMILES string of the molecule is C[C@H]1C[C@@H](C(=O)NCCOc2cccc(Cl)c2)CCN1.Cl. The van der Waals surface area contributed by atoms with Gasteiger partial charge in [-0.1, -0.05) is 17.7 Å². The van der Waals surface area contributed by atoms with E-state index in [1.807, 2.05) is 12.1 Å². The maximum atomic E-state index is 12.0. The average molecular weight is 333 g/mol. The number of ether oxygens (including phenoxy) is 1. The first-order valence-corrected chi connectivity index (χ1v) is 7.42. The Kier molecular flexibility index (Phi) is 7.86. The molecule has 21 heavy (non-hydrogen) atoms. The van der Waals surface area contributed by atoms with Gasteiger partial charge in [0.05, 0.1) is 6.54 Å². The van der Waals surface area contributed by atoms with Crippen LogP contribution in [0.3, 0.4) is 0 Å². The van der Waals surface area contributed by atoms with Crippen molar-refractivity contribution in [3.8, 4) is 5.75 Å². The minimum absolute atomic E-state index is 0. The number of rotatable bonds is 5. The number of piperidine rings is 1. The fraction of sp³-hybridized carbons (Fsp3) is 0.533. The summed E-state index contributed by atoms with van der Waals surface area (Å²) in [6.45, 7) is 4.00. The normalized spacial score (nSPS) is 21.2. The van der Waals surface area contributed by atoms with E-state index < -0.39 is 0 Å². The van der Waals surface area contributed by atoms with Crippen molar-refractivity contribution in [1.82, 2.24) is 10.6 Å². The molecule has 1 aliphatic heterocycles. The van der Waals surface area contributed by atoms with Gasteiger partial charge in [-0.3, -0.25) is 4.79 Å². The van der Waals surface area contributed by atoms with Gasteiger partial charge in [0.1, 0.15) is 12.4 Å². The van der Waals surface area contributed by atoms with Crippen molar-refractivity contribution < 1.29 is 9.53 Å². The first-order chi connectivity index (χ1) is 9.65. The third-order valence-electron chi connectivity index (χ3n) is 3.46. The van der Waals surface area contributed by atoms with E-state index in [2.05, 4.69) is 17.6 Å². The number of nitrogens with one attached hydrogen (secondary N) is 2. The molecule has 0 bridgehead atoms. The quantitative estimate of drug-likeness (QED) is 0.815. The van der Waals surface area contributed by atoms with Crippen LogP contribution in [-0.2, 0) is 4.79 Å². The zero-order valence-electron chi connectivity index (χ0n) is 12.1. The lowest BCUT2D eigenvalue weighted by molar-refractivity contribution is -0.126. The second-order valence-corrected chi connectivity index (χ2v) is 5.61. The predicted molar refractivity (Wildman–Crippen MR) is 87.4 cm³/mol. The Hall–Kier alpha value is -0.970. The maximum Gasteiger partial charge on any atom is 0.223 e. The highest BCUT2D eigenvalue weighted by molar-refractivity contribution is 6.30. The van der Waals surface area contributed by atoms with Crippen LogP contribution in [0, 0.1) is 5.92 Å². The molecule has 0 unspecified atom stereocenters. The Morgan fingerprint density at radius 2 is 2.33 bits per heavy atom. The van der Waals surface area contributed by atoms with E-state index in [-0.39, 0.29) is 24.2 Å². The van der Waals surface area contributed by atoms with Crippen LogP contribution in [0.5, 0.6) is 5.75 Å². The highest BCUT2D eigenvalue weighted by atomic mass is 35.5. The van der Waals surface area contributed by atoms with Crippen LogP contribution in [0.25, 0.3) is 0 Å². The summed E-state index contributed by atoms with van der Waals surface area (Å²) in [6.07, 6.45) is 1.81. The Morgan fingerprint density at radius 3 is 3.05 bits per heavy atom. The van der Waals surface area contributed by atoms with E-state index in [9.17, 15) is 4.79 Å². The molecule has 0 radical (unpaired) electrons. The molecule has 0 saturated carbocycles. The van der Waals surface area contributed by atoms with E-state index in [4.69, 9.17) is 16.3 Å². The molecule has 2 atom stereocenters. The van der Waals surface area contributed by atoms with Crippen LogP contribution in [0.4, 0.5) is 0 Å². The lowest BCUT2D eigenvalue weighted by Gasteiger charge is -2.27. The first kappa shape index (κ1) is 18.1. The van der Waals surface area contributed by atoms with E-state index in [0.29, 0.717) is 24.2 Å². The van der Waals surface area contributed by atoms with Crippen LogP contribution in [0.2, 0.25) is 5.02 Å². The fourth-order valence-corrected chi connectivity index (χ4v) is 2.59. The molecular weight excluding hydrogens is 311 g/mol. The van der Waals surface area contributed by atoms with E-state index in [1.54, 1.807) is 12.1 Å². The second-order valence-electron chi connectivity index (χ2n) is 5.17. The molecule has 1 aromatic rings. The molecule has 6 heteroatoms. The molecule has 0 aromatic heterocycles. The Bertz CT molecular complexity index is 457. The standard InChI is InChI=1S/C15H21ClN2O2.ClH/c1-11-9-12(5-6-17-11)15(19)18-7-8-20-14-4-2-3-13(16)10-14;/h2-4,10-12,17H,5-9H2,1H3,(H,18,19);1H/t11-,12-;/m0./s1. The summed E-state index contributed by atoms with van der Waals surface area (Å²) in [7, 11) is 0. The van der Waals surface area contributed by atoms with Gasteiger partial charge in [0.2, 0.25) is 5.91 Å². The topological polar surface area (TPSA) is 50.4 Å². The van der Waals surface area contributed by atoms with Crippen LogP contribution in [0.15, 0.2) is 24.3 Å². The van der Waals surface area contributed by atoms with Crippen molar-refractivity contribution in [2.45, 2.75) is 25.8 Å². The van der Waals surface area contributed by atoms with Crippen LogP contribution < -0.4 is 15.4 Å².